The summed E-state index contributed by atoms with van der Waals surface area (Å²) < 4.78 is 12.3. The van der Waals surface area contributed by atoms with Crippen molar-refractivity contribution < 1.29 is 9.50 Å². The Balaban J connectivity index is 1.65. The Morgan fingerprint density at radius 3 is 2.41 bits per heavy atom. The van der Waals surface area contributed by atoms with Gasteiger partial charge >= 0.3 is 0 Å². The van der Waals surface area contributed by atoms with Crippen LogP contribution in [0.1, 0.15) is 56.9 Å². The molecule has 0 spiro atoms. The van der Waals surface area contributed by atoms with Crippen molar-refractivity contribution in [2.45, 2.75) is 75.6 Å². The summed E-state index contributed by atoms with van der Waals surface area (Å²) in [4.78, 5) is 2.61. The molecule has 2 aliphatic heterocycles. The van der Waals surface area contributed by atoms with Crippen molar-refractivity contribution in [3.05, 3.63) is 35.9 Å². The number of hydrogen-bond acceptors (Lipinski definition) is 2. The number of rotatable bonds is 6. The summed E-state index contributed by atoms with van der Waals surface area (Å²) in [5.41, 5.74) is 0.806. The van der Waals surface area contributed by atoms with E-state index < -0.39 is 5.60 Å². The summed E-state index contributed by atoms with van der Waals surface area (Å²) in [6.45, 7) is 0.736. The first-order valence-corrected chi connectivity index (χ1v) is 8.78. The standard InChI is InChI=1S/C19H28FNO/c20-12-5-4-11-19(22)13-17-9-6-10-18(14-19)21(17)15-16-7-2-1-3-8-16/h1-3,7-8,17-18,22H,4-6,9-15H2. The van der Waals surface area contributed by atoms with Crippen LogP contribution in [0.2, 0.25) is 0 Å². The van der Waals surface area contributed by atoms with Gasteiger partial charge in [-0.2, -0.15) is 0 Å². The summed E-state index contributed by atoms with van der Waals surface area (Å²) in [6, 6.07) is 11.6. The highest BCUT2D eigenvalue weighted by molar-refractivity contribution is 5.15. The number of unbranched alkanes of at least 4 members (excludes halogenated alkanes) is 1. The van der Waals surface area contributed by atoms with E-state index in [9.17, 15) is 9.50 Å². The Labute approximate surface area is 133 Å². The van der Waals surface area contributed by atoms with Crippen molar-refractivity contribution in [2.24, 2.45) is 0 Å². The molecule has 2 nitrogen and oxygen atoms in total. The van der Waals surface area contributed by atoms with E-state index in [2.05, 4.69) is 35.2 Å². The molecule has 1 N–H and O–H groups in total. The third kappa shape index (κ3) is 3.69. The molecular weight excluding hydrogens is 277 g/mol. The Morgan fingerprint density at radius 1 is 1.09 bits per heavy atom. The summed E-state index contributed by atoms with van der Waals surface area (Å²) >= 11 is 0. The van der Waals surface area contributed by atoms with Gasteiger partial charge in [-0.15, -0.1) is 0 Å². The molecule has 1 aromatic carbocycles. The van der Waals surface area contributed by atoms with Gasteiger partial charge in [0.15, 0.2) is 0 Å². The highest BCUT2D eigenvalue weighted by atomic mass is 19.1. The molecule has 2 heterocycles. The first-order chi connectivity index (χ1) is 10.7. The number of hydrogen-bond donors (Lipinski definition) is 1. The minimum atomic E-state index is -0.557. The van der Waals surface area contributed by atoms with Crippen molar-refractivity contribution in [1.29, 1.82) is 0 Å². The average Bonchev–Trinajstić information content (AvgIpc) is 2.50. The molecule has 122 valence electrons. The molecule has 2 aliphatic rings. The zero-order valence-electron chi connectivity index (χ0n) is 13.4. The van der Waals surface area contributed by atoms with E-state index in [1.165, 1.54) is 24.8 Å². The molecule has 2 saturated heterocycles. The number of alkyl halides is 1. The van der Waals surface area contributed by atoms with Crippen LogP contribution in [0, 0.1) is 0 Å². The van der Waals surface area contributed by atoms with Crippen molar-refractivity contribution in [2.75, 3.05) is 6.67 Å². The molecule has 2 bridgehead atoms. The Morgan fingerprint density at radius 2 is 1.77 bits per heavy atom. The van der Waals surface area contributed by atoms with Crippen molar-refractivity contribution in [3.63, 3.8) is 0 Å². The van der Waals surface area contributed by atoms with Crippen LogP contribution in [0.15, 0.2) is 30.3 Å². The number of nitrogens with zero attached hydrogens (tertiary/aromatic N) is 1. The van der Waals surface area contributed by atoms with Crippen LogP contribution in [0.5, 0.6) is 0 Å². The fraction of sp³-hybridized carbons (Fsp3) is 0.684. The lowest BCUT2D eigenvalue weighted by Crippen LogP contribution is -2.57. The number of halogens is 1. The lowest BCUT2D eigenvalue weighted by molar-refractivity contribution is -0.0999. The van der Waals surface area contributed by atoms with Crippen molar-refractivity contribution >= 4 is 0 Å². The number of benzene rings is 1. The average molecular weight is 305 g/mol. The van der Waals surface area contributed by atoms with E-state index in [0.29, 0.717) is 18.5 Å². The number of fused-ring (bicyclic) bond motifs is 2. The van der Waals surface area contributed by atoms with Gasteiger partial charge in [0.25, 0.3) is 0 Å². The maximum Gasteiger partial charge on any atom is 0.0894 e. The molecule has 2 unspecified atom stereocenters. The summed E-state index contributed by atoms with van der Waals surface area (Å²) in [7, 11) is 0. The Kier molecular flexibility index (Phi) is 5.14. The Hall–Kier alpha value is -0.930. The smallest absolute Gasteiger partial charge is 0.0894 e. The molecule has 22 heavy (non-hydrogen) atoms. The monoisotopic (exact) mass is 305 g/mol. The van der Waals surface area contributed by atoms with Crippen molar-refractivity contribution in [3.8, 4) is 0 Å². The van der Waals surface area contributed by atoms with Gasteiger partial charge in [-0.1, -0.05) is 36.8 Å². The molecule has 3 heteroatoms. The maximum absolute atomic E-state index is 12.3. The van der Waals surface area contributed by atoms with Crippen LogP contribution in [-0.4, -0.2) is 34.4 Å². The van der Waals surface area contributed by atoms with Crippen molar-refractivity contribution in [1.82, 2.24) is 4.90 Å². The molecule has 3 rings (SSSR count). The van der Waals surface area contributed by atoms with E-state index in [1.807, 2.05) is 0 Å². The summed E-state index contributed by atoms with van der Waals surface area (Å²) in [5, 5.41) is 10.9. The van der Waals surface area contributed by atoms with Crippen LogP contribution in [0.25, 0.3) is 0 Å². The molecule has 0 aliphatic carbocycles. The third-order valence-electron chi connectivity index (χ3n) is 5.48. The summed E-state index contributed by atoms with van der Waals surface area (Å²) in [6.07, 6.45) is 7.55. The second-order valence-corrected chi connectivity index (χ2v) is 7.18. The van der Waals surface area contributed by atoms with Gasteiger partial charge in [0.1, 0.15) is 0 Å². The molecule has 0 radical (unpaired) electrons. The topological polar surface area (TPSA) is 23.5 Å². The van der Waals surface area contributed by atoms with Gasteiger partial charge in [-0.3, -0.25) is 9.29 Å². The predicted octanol–water partition coefficient (Wildman–Crippen LogP) is 4.07. The molecule has 2 atom stereocenters. The highest BCUT2D eigenvalue weighted by Gasteiger charge is 2.44. The van der Waals surface area contributed by atoms with Gasteiger partial charge in [0.05, 0.1) is 12.3 Å². The van der Waals surface area contributed by atoms with E-state index in [0.717, 1.165) is 32.2 Å². The lowest BCUT2D eigenvalue weighted by atomic mass is 9.73. The largest absolute Gasteiger partial charge is 0.390 e. The fourth-order valence-electron chi connectivity index (χ4n) is 4.42. The maximum atomic E-state index is 12.3. The van der Waals surface area contributed by atoms with E-state index in [4.69, 9.17) is 0 Å². The van der Waals surface area contributed by atoms with E-state index in [1.54, 1.807) is 0 Å². The SMILES string of the molecule is OC1(CCCCF)CC2CCCC(C1)N2Cc1ccccc1. The van der Waals surface area contributed by atoms with Crippen LogP contribution in [0.4, 0.5) is 4.39 Å². The predicted molar refractivity (Wildman–Crippen MR) is 87.4 cm³/mol. The first kappa shape index (κ1) is 15.9. The normalized spacial score (nSPS) is 32.1. The van der Waals surface area contributed by atoms with Crippen LogP contribution in [-0.2, 0) is 6.54 Å². The number of piperidine rings is 2. The quantitative estimate of drug-likeness (QED) is 0.801. The minimum Gasteiger partial charge on any atom is -0.390 e. The molecule has 1 aromatic rings. The summed E-state index contributed by atoms with van der Waals surface area (Å²) in [5.74, 6) is 0. The molecule has 2 fully saturated rings. The van der Waals surface area contributed by atoms with Gasteiger partial charge in [-0.05, 0) is 50.5 Å². The second-order valence-electron chi connectivity index (χ2n) is 7.18. The zero-order chi connectivity index (χ0) is 15.4. The second kappa shape index (κ2) is 7.10. The van der Waals surface area contributed by atoms with Crippen LogP contribution < -0.4 is 0 Å². The minimum absolute atomic E-state index is 0.261. The van der Waals surface area contributed by atoms with Gasteiger partial charge in [0.2, 0.25) is 0 Å². The van der Waals surface area contributed by atoms with E-state index >= 15 is 0 Å². The first-order valence-electron chi connectivity index (χ1n) is 8.78. The number of aliphatic hydroxyl groups is 1. The van der Waals surface area contributed by atoms with Crippen LogP contribution in [0.3, 0.4) is 0 Å². The Bertz CT molecular complexity index is 450. The van der Waals surface area contributed by atoms with Crippen LogP contribution >= 0.6 is 0 Å². The molecule has 0 amide bonds. The highest BCUT2D eigenvalue weighted by Crippen LogP contribution is 2.42. The molecular formula is C19H28FNO. The molecule has 0 saturated carbocycles. The zero-order valence-corrected chi connectivity index (χ0v) is 13.4. The lowest BCUT2D eigenvalue weighted by Gasteiger charge is -2.52. The van der Waals surface area contributed by atoms with E-state index in [-0.39, 0.29) is 6.67 Å². The van der Waals surface area contributed by atoms with Gasteiger partial charge in [-0.25, -0.2) is 0 Å². The van der Waals surface area contributed by atoms with Gasteiger partial charge < -0.3 is 5.11 Å². The fourth-order valence-corrected chi connectivity index (χ4v) is 4.42. The molecule has 0 aromatic heterocycles. The van der Waals surface area contributed by atoms with Gasteiger partial charge in [0, 0.05) is 18.6 Å². The third-order valence-corrected chi connectivity index (χ3v) is 5.48.